The number of halogens is 1. The van der Waals surface area contributed by atoms with E-state index >= 15 is 0 Å². The maximum atomic E-state index is 12.9. The molecule has 160 valence electrons. The predicted octanol–water partition coefficient (Wildman–Crippen LogP) is 3.85. The zero-order chi connectivity index (χ0) is 22.1. The van der Waals surface area contributed by atoms with E-state index in [0.29, 0.717) is 22.8 Å². The van der Waals surface area contributed by atoms with E-state index in [1.165, 1.54) is 29.2 Å². The van der Waals surface area contributed by atoms with Gasteiger partial charge in [-0.2, -0.15) is 0 Å². The molecular formula is C22H19ClN2O6. The Morgan fingerprint density at radius 2 is 1.84 bits per heavy atom. The lowest BCUT2D eigenvalue weighted by atomic mass is 9.95. The van der Waals surface area contributed by atoms with Crippen molar-refractivity contribution in [2.24, 2.45) is 0 Å². The second-order valence-corrected chi connectivity index (χ2v) is 7.88. The molecule has 2 saturated heterocycles. The minimum Gasteiger partial charge on any atom is -0.507 e. The molecule has 2 aliphatic heterocycles. The second kappa shape index (κ2) is 8.49. The maximum absolute atomic E-state index is 12.9. The third-order valence-corrected chi connectivity index (χ3v) is 5.75. The Kier molecular flexibility index (Phi) is 5.75. The van der Waals surface area contributed by atoms with Crippen molar-refractivity contribution in [2.45, 2.75) is 25.0 Å². The van der Waals surface area contributed by atoms with Crippen LogP contribution in [0.3, 0.4) is 0 Å². The average Bonchev–Trinajstić information content (AvgIpc) is 3.36. The van der Waals surface area contributed by atoms with Gasteiger partial charge in [0.2, 0.25) is 0 Å². The van der Waals surface area contributed by atoms with Gasteiger partial charge < -0.3 is 14.7 Å². The summed E-state index contributed by atoms with van der Waals surface area (Å²) in [6.07, 6.45) is 1.41. The first kappa shape index (κ1) is 21.0. The molecule has 2 aromatic rings. The van der Waals surface area contributed by atoms with E-state index in [2.05, 4.69) is 0 Å². The van der Waals surface area contributed by atoms with Crippen LogP contribution >= 0.6 is 11.6 Å². The largest absolute Gasteiger partial charge is 0.507 e. The number of carbonyl (C=O) groups excluding carboxylic acids is 2. The van der Waals surface area contributed by atoms with Crippen LogP contribution in [0.25, 0.3) is 5.76 Å². The third-order valence-electron chi connectivity index (χ3n) is 5.50. The standard InChI is InChI=1S/C22H19ClN2O6/c23-15-7-3-14(4-8-15)20(26)18-19(13-5-9-16(10-6-13)25(29)30)24(22(28)21(18)27)12-17-2-1-11-31-17/h3-10,17,19,26H,1-2,11-12H2/b20-18+. The highest BCUT2D eigenvalue weighted by atomic mass is 35.5. The fraction of sp³-hybridized carbons (Fsp3) is 0.273. The fourth-order valence-corrected chi connectivity index (χ4v) is 4.09. The molecule has 2 fully saturated rings. The van der Waals surface area contributed by atoms with E-state index < -0.39 is 22.7 Å². The van der Waals surface area contributed by atoms with E-state index in [4.69, 9.17) is 16.3 Å². The zero-order valence-corrected chi connectivity index (χ0v) is 17.1. The van der Waals surface area contributed by atoms with Crippen molar-refractivity contribution in [2.75, 3.05) is 13.2 Å². The molecule has 1 N–H and O–H groups in total. The van der Waals surface area contributed by atoms with Crippen LogP contribution in [0.4, 0.5) is 5.69 Å². The summed E-state index contributed by atoms with van der Waals surface area (Å²) in [5.41, 5.74) is 0.640. The molecule has 0 spiro atoms. The van der Waals surface area contributed by atoms with Gasteiger partial charge >= 0.3 is 0 Å². The fourth-order valence-electron chi connectivity index (χ4n) is 3.96. The van der Waals surface area contributed by atoms with Gasteiger partial charge in [-0.15, -0.1) is 0 Å². The number of hydrogen-bond donors (Lipinski definition) is 1. The highest BCUT2D eigenvalue weighted by molar-refractivity contribution is 6.46. The van der Waals surface area contributed by atoms with Crippen molar-refractivity contribution in [3.05, 3.63) is 80.4 Å². The number of benzene rings is 2. The van der Waals surface area contributed by atoms with Gasteiger partial charge in [0.1, 0.15) is 5.76 Å². The average molecular weight is 443 g/mol. The van der Waals surface area contributed by atoms with Gasteiger partial charge in [-0.05, 0) is 54.8 Å². The Hall–Kier alpha value is -3.23. The number of carbonyl (C=O) groups is 2. The van der Waals surface area contributed by atoms with Crippen molar-refractivity contribution < 1.29 is 24.4 Å². The van der Waals surface area contributed by atoms with Crippen LogP contribution in [0.5, 0.6) is 0 Å². The molecular weight excluding hydrogens is 424 g/mol. The van der Waals surface area contributed by atoms with Crippen LogP contribution in [0.15, 0.2) is 54.1 Å². The van der Waals surface area contributed by atoms with Gasteiger partial charge in [-0.25, -0.2) is 0 Å². The van der Waals surface area contributed by atoms with E-state index in [0.717, 1.165) is 12.8 Å². The number of non-ortho nitro benzene ring substituents is 1. The smallest absolute Gasteiger partial charge is 0.295 e. The van der Waals surface area contributed by atoms with Gasteiger partial charge in [-0.1, -0.05) is 11.6 Å². The topological polar surface area (TPSA) is 110 Å². The van der Waals surface area contributed by atoms with Gasteiger partial charge in [0.15, 0.2) is 0 Å². The van der Waals surface area contributed by atoms with Gasteiger partial charge in [0.25, 0.3) is 17.4 Å². The molecule has 2 aromatic carbocycles. The summed E-state index contributed by atoms with van der Waals surface area (Å²) in [6, 6.07) is 11.0. The molecule has 0 bridgehead atoms. The summed E-state index contributed by atoms with van der Waals surface area (Å²) in [4.78, 5) is 37.7. The number of aliphatic hydroxyl groups excluding tert-OH is 1. The Morgan fingerprint density at radius 3 is 2.42 bits per heavy atom. The molecule has 2 heterocycles. The molecule has 8 nitrogen and oxygen atoms in total. The molecule has 9 heteroatoms. The van der Waals surface area contributed by atoms with Crippen LogP contribution in [0.1, 0.15) is 30.0 Å². The number of likely N-dealkylation sites (tertiary alicyclic amines) is 1. The highest BCUT2D eigenvalue weighted by Crippen LogP contribution is 2.40. The maximum Gasteiger partial charge on any atom is 0.295 e. The van der Waals surface area contributed by atoms with E-state index in [-0.39, 0.29) is 29.7 Å². The first-order valence-electron chi connectivity index (χ1n) is 9.77. The van der Waals surface area contributed by atoms with Crippen LogP contribution in [-0.2, 0) is 14.3 Å². The van der Waals surface area contributed by atoms with Crippen molar-refractivity contribution in [1.82, 2.24) is 4.90 Å². The molecule has 0 aliphatic carbocycles. The Balaban J connectivity index is 1.81. The summed E-state index contributed by atoms with van der Waals surface area (Å²) in [7, 11) is 0. The summed E-state index contributed by atoms with van der Waals surface area (Å²) in [5, 5.41) is 22.4. The zero-order valence-electron chi connectivity index (χ0n) is 16.4. The molecule has 2 aliphatic rings. The molecule has 0 saturated carbocycles. The predicted molar refractivity (Wildman–Crippen MR) is 113 cm³/mol. The lowest BCUT2D eigenvalue weighted by Crippen LogP contribution is -2.36. The lowest BCUT2D eigenvalue weighted by Gasteiger charge is -2.27. The summed E-state index contributed by atoms with van der Waals surface area (Å²) < 4.78 is 5.64. The van der Waals surface area contributed by atoms with Crippen LogP contribution in [-0.4, -0.2) is 45.9 Å². The summed E-state index contributed by atoms with van der Waals surface area (Å²) in [5.74, 6) is -1.88. The molecule has 4 rings (SSSR count). The quantitative estimate of drug-likeness (QED) is 0.247. The number of nitro benzene ring substituents is 1. The number of ketones is 1. The molecule has 0 aromatic heterocycles. The van der Waals surface area contributed by atoms with Gasteiger partial charge in [0, 0.05) is 35.9 Å². The number of nitro groups is 1. The van der Waals surface area contributed by atoms with Crippen molar-refractivity contribution in [3.8, 4) is 0 Å². The SMILES string of the molecule is O=C1C(=O)N(CC2CCCO2)C(c2ccc([N+](=O)[O-])cc2)/C1=C(\O)c1ccc(Cl)cc1. The summed E-state index contributed by atoms with van der Waals surface area (Å²) in [6.45, 7) is 0.769. The number of rotatable bonds is 5. The van der Waals surface area contributed by atoms with Crippen molar-refractivity contribution in [3.63, 3.8) is 0 Å². The first-order valence-corrected chi connectivity index (χ1v) is 10.1. The Morgan fingerprint density at radius 1 is 1.16 bits per heavy atom. The molecule has 2 unspecified atom stereocenters. The van der Waals surface area contributed by atoms with Gasteiger partial charge in [-0.3, -0.25) is 19.7 Å². The normalized spacial score (nSPS) is 22.8. The first-order chi connectivity index (χ1) is 14.9. The number of nitrogens with zero attached hydrogens (tertiary/aromatic N) is 2. The number of hydrogen-bond acceptors (Lipinski definition) is 6. The number of amides is 1. The van der Waals surface area contributed by atoms with Crippen LogP contribution in [0, 0.1) is 10.1 Å². The molecule has 31 heavy (non-hydrogen) atoms. The van der Waals surface area contributed by atoms with E-state index in [1.54, 1.807) is 24.3 Å². The molecule has 2 atom stereocenters. The Labute approximate surface area is 182 Å². The third kappa shape index (κ3) is 4.04. The highest BCUT2D eigenvalue weighted by Gasteiger charge is 2.47. The molecule has 0 radical (unpaired) electrons. The van der Waals surface area contributed by atoms with Gasteiger partial charge in [0.05, 0.1) is 22.6 Å². The number of Topliss-reactive ketones (excluding diaryl/α,β-unsaturated/α-hetero) is 1. The van der Waals surface area contributed by atoms with Crippen molar-refractivity contribution >= 4 is 34.7 Å². The minimum absolute atomic E-state index is 0.0702. The number of aliphatic hydroxyl groups is 1. The number of ether oxygens (including phenoxy) is 1. The molecule has 1 amide bonds. The Bertz CT molecular complexity index is 1060. The van der Waals surface area contributed by atoms with Crippen LogP contribution in [0.2, 0.25) is 5.02 Å². The monoisotopic (exact) mass is 442 g/mol. The second-order valence-electron chi connectivity index (χ2n) is 7.44. The van der Waals surface area contributed by atoms with Crippen molar-refractivity contribution in [1.29, 1.82) is 0 Å². The van der Waals surface area contributed by atoms with E-state index in [9.17, 15) is 24.8 Å². The summed E-state index contributed by atoms with van der Waals surface area (Å²) >= 11 is 5.92. The minimum atomic E-state index is -0.888. The lowest BCUT2D eigenvalue weighted by molar-refractivity contribution is -0.384. The van der Waals surface area contributed by atoms with E-state index in [1.807, 2.05) is 0 Å². The van der Waals surface area contributed by atoms with Crippen LogP contribution < -0.4 is 0 Å².